The number of rotatable bonds is 5. The van der Waals surface area contributed by atoms with Gasteiger partial charge in [-0.05, 0) is 40.2 Å². The van der Waals surface area contributed by atoms with Crippen molar-refractivity contribution in [1.82, 2.24) is 16.0 Å². The average molecular weight is 321 g/mol. The molecule has 0 spiro atoms. The van der Waals surface area contributed by atoms with Crippen molar-refractivity contribution in [2.45, 2.75) is 58.8 Å². The van der Waals surface area contributed by atoms with E-state index < -0.39 is 17.9 Å². The molecule has 0 aliphatic rings. The Hall–Kier alpha value is -2.24. The Labute approximate surface area is 138 Å². The number of alkyl carbamates (subject to hydrolysis) is 1. The van der Waals surface area contributed by atoms with E-state index in [1.807, 2.05) is 44.2 Å². The Morgan fingerprint density at radius 3 is 2.17 bits per heavy atom. The minimum Gasteiger partial charge on any atom is -0.444 e. The van der Waals surface area contributed by atoms with E-state index in [1.54, 1.807) is 20.8 Å². The predicted octanol–water partition coefficient (Wildman–Crippen LogP) is 2.79. The highest BCUT2D eigenvalue weighted by molar-refractivity contribution is 5.75. The van der Waals surface area contributed by atoms with E-state index >= 15 is 0 Å². The van der Waals surface area contributed by atoms with Gasteiger partial charge in [0.25, 0.3) is 0 Å². The summed E-state index contributed by atoms with van der Waals surface area (Å²) in [6.45, 7) is 9.10. The second-order valence-electron chi connectivity index (χ2n) is 6.66. The Bertz CT molecular complexity index is 510. The smallest absolute Gasteiger partial charge is 0.409 e. The molecule has 0 aliphatic heterocycles. The van der Waals surface area contributed by atoms with Crippen LogP contribution in [0.2, 0.25) is 0 Å². The maximum absolute atomic E-state index is 12.0. The largest absolute Gasteiger partial charge is 0.444 e. The molecule has 0 saturated carbocycles. The van der Waals surface area contributed by atoms with E-state index in [0.717, 1.165) is 5.56 Å². The maximum Gasteiger partial charge on any atom is 0.409 e. The highest BCUT2D eigenvalue weighted by atomic mass is 16.6. The highest BCUT2D eigenvalue weighted by Gasteiger charge is 2.21. The number of urea groups is 1. The third-order valence-electron chi connectivity index (χ3n) is 2.70. The van der Waals surface area contributed by atoms with Gasteiger partial charge in [0.15, 0.2) is 0 Å². The number of amides is 3. The first-order chi connectivity index (χ1) is 10.7. The zero-order valence-electron chi connectivity index (χ0n) is 14.5. The monoisotopic (exact) mass is 321 g/mol. The maximum atomic E-state index is 12.0. The Kier molecular flexibility index (Phi) is 6.88. The number of hydrogen-bond donors (Lipinski definition) is 3. The van der Waals surface area contributed by atoms with Gasteiger partial charge in [0.05, 0.1) is 0 Å². The molecule has 6 nitrogen and oxygen atoms in total. The van der Waals surface area contributed by atoms with E-state index in [-0.39, 0.29) is 12.1 Å². The van der Waals surface area contributed by atoms with Gasteiger partial charge in [-0.1, -0.05) is 30.3 Å². The lowest BCUT2D eigenvalue weighted by molar-refractivity contribution is 0.0498. The second kappa shape index (κ2) is 8.41. The number of nitrogens with one attached hydrogen (secondary N) is 3. The molecule has 0 bridgehead atoms. The van der Waals surface area contributed by atoms with Crippen molar-refractivity contribution in [1.29, 1.82) is 0 Å². The number of ether oxygens (including phenoxy) is 1. The molecule has 0 heterocycles. The molecule has 3 amide bonds. The van der Waals surface area contributed by atoms with Crippen LogP contribution in [0.5, 0.6) is 0 Å². The Balaban J connectivity index is 2.71. The van der Waals surface area contributed by atoms with Crippen molar-refractivity contribution in [3.8, 4) is 0 Å². The zero-order valence-corrected chi connectivity index (χ0v) is 14.5. The van der Waals surface area contributed by atoms with Gasteiger partial charge in [-0.25, -0.2) is 9.59 Å². The van der Waals surface area contributed by atoms with Gasteiger partial charge in [0.1, 0.15) is 11.8 Å². The molecule has 6 heteroatoms. The van der Waals surface area contributed by atoms with Crippen molar-refractivity contribution in [2.24, 2.45) is 0 Å². The van der Waals surface area contributed by atoms with E-state index in [1.165, 1.54) is 0 Å². The molecular formula is C17H27N3O3. The fourth-order valence-electron chi connectivity index (χ4n) is 1.90. The van der Waals surface area contributed by atoms with Gasteiger partial charge in [-0.3, -0.25) is 0 Å². The third kappa shape index (κ3) is 8.70. The van der Waals surface area contributed by atoms with Crippen LogP contribution in [0.15, 0.2) is 30.3 Å². The highest BCUT2D eigenvalue weighted by Crippen LogP contribution is 2.08. The van der Waals surface area contributed by atoms with Crippen molar-refractivity contribution in [3.63, 3.8) is 0 Å². The fourth-order valence-corrected chi connectivity index (χ4v) is 1.90. The number of benzene rings is 1. The predicted molar refractivity (Wildman–Crippen MR) is 90.1 cm³/mol. The van der Waals surface area contributed by atoms with E-state index in [0.29, 0.717) is 6.42 Å². The minimum atomic E-state index is -0.596. The lowest BCUT2D eigenvalue weighted by Crippen LogP contribution is -2.54. The van der Waals surface area contributed by atoms with Crippen LogP contribution in [0.3, 0.4) is 0 Å². The van der Waals surface area contributed by atoms with Crippen molar-refractivity contribution < 1.29 is 14.3 Å². The van der Waals surface area contributed by atoms with Crippen LogP contribution in [-0.4, -0.2) is 29.9 Å². The summed E-state index contributed by atoms with van der Waals surface area (Å²) in [4.78, 5) is 23.9. The summed E-state index contributed by atoms with van der Waals surface area (Å²) in [5.74, 6) is 0. The first-order valence-corrected chi connectivity index (χ1v) is 7.76. The Morgan fingerprint density at radius 2 is 1.65 bits per heavy atom. The molecular weight excluding hydrogens is 294 g/mol. The van der Waals surface area contributed by atoms with Gasteiger partial charge in [0.2, 0.25) is 0 Å². The van der Waals surface area contributed by atoms with Crippen LogP contribution in [0, 0.1) is 0 Å². The SMILES string of the molecule is CC(C)NC(=O)N[C@H](Cc1ccccc1)NC(=O)OC(C)(C)C. The number of carbonyl (C=O) groups excluding carboxylic acids is 2. The second-order valence-corrected chi connectivity index (χ2v) is 6.66. The van der Waals surface area contributed by atoms with E-state index in [9.17, 15) is 9.59 Å². The lowest BCUT2D eigenvalue weighted by atomic mass is 10.1. The summed E-state index contributed by atoms with van der Waals surface area (Å²) in [6.07, 6.45) is -0.666. The van der Waals surface area contributed by atoms with Gasteiger partial charge in [0, 0.05) is 12.5 Å². The fraction of sp³-hybridized carbons (Fsp3) is 0.529. The molecule has 1 aromatic rings. The molecule has 0 radical (unpaired) electrons. The van der Waals surface area contributed by atoms with Gasteiger partial charge in [-0.15, -0.1) is 0 Å². The van der Waals surface area contributed by atoms with Gasteiger partial charge in [-0.2, -0.15) is 0 Å². The van der Waals surface area contributed by atoms with E-state index in [2.05, 4.69) is 16.0 Å². The van der Waals surface area contributed by atoms with Crippen molar-refractivity contribution in [3.05, 3.63) is 35.9 Å². The molecule has 0 fully saturated rings. The quantitative estimate of drug-likeness (QED) is 0.730. The third-order valence-corrected chi connectivity index (χ3v) is 2.70. The molecule has 3 N–H and O–H groups in total. The Morgan fingerprint density at radius 1 is 1.04 bits per heavy atom. The normalized spacial score (nSPS) is 12.4. The van der Waals surface area contributed by atoms with Crippen LogP contribution < -0.4 is 16.0 Å². The molecule has 0 aromatic heterocycles. The molecule has 0 unspecified atom stereocenters. The van der Waals surface area contributed by atoms with Gasteiger partial charge >= 0.3 is 12.1 Å². The molecule has 1 rings (SSSR count). The van der Waals surface area contributed by atoms with Crippen LogP contribution in [0.25, 0.3) is 0 Å². The molecule has 0 aliphatic carbocycles. The summed E-state index contributed by atoms with van der Waals surface area (Å²) in [5.41, 5.74) is 0.403. The zero-order chi connectivity index (χ0) is 17.5. The van der Waals surface area contributed by atoms with Gasteiger partial charge < -0.3 is 20.7 Å². The molecule has 1 aromatic carbocycles. The molecule has 128 valence electrons. The van der Waals surface area contributed by atoms with Crippen LogP contribution >= 0.6 is 0 Å². The number of carbonyl (C=O) groups is 2. The summed E-state index contributed by atoms with van der Waals surface area (Å²) in [5, 5.41) is 8.18. The standard InChI is InChI=1S/C17H27N3O3/c1-12(2)18-15(21)19-14(11-13-9-7-6-8-10-13)20-16(22)23-17(3,4)5/h6-10,12,14H,11H2,1-5H3,(H,20,22)(H2,18,19,21)/t14-/m0/s1. The molecule has 23 heavy (non-hydrogen) atoms. The summed E-state index contributed by atoms with van der Waals surface area (Å²) in [6, 6.07) is 9.28. The van der Waals surface area contributed by atoms with Crippen molar-refractivity contribution >= 4 is 12.1 Å². The van der Waals surface area contributed by atoms with Crippen molar-refractivity contribution in [2.75, 3.05) is 0 Å². The van der Waals surface area contributed by atoms with Crippen LogP contribution in [-0.2, 0) is 11.2 Å². The summed E-state index contributed by atoms with van der Waals surface area (Å²) < 4.78 is 5.25. The minimum absolute atomic E-state index is 0.00824. The number of hydrogen-bond acceptors (Lipinski definition) is 3. The van der Waals surface area contributed by atoms with E-state index in [4.69, 9.17) is 4.74 Å². The molecule has 0 saturated heterocycles. The topological polar surface area (TPSA) is 79.5 Å². The first-order valence-electron chi connectivity index (χ1n) is 7.76. The average Bonchev–Trinajstić information content (AvgIpc) is 2.35. The lowest BCUT2D eigenvalue weighted by Gasteiger charge is -2.25. The van der Waals surface area contributed by atoms with Crippen LogP contribution in [0.1, 0.15) is 40.2 Å². The molecule has 1 atom stereocenters. The van der Waals surface area contributed by atoms with Crippen LogP contribution in [0.4, 0.5) is 9.59 Å². The summed E-state index contributed by atoms with van der Waals surface area (Å²) >= 11 is 0. The summed E-state index contributed by atoms with van der Waals surface area (Å²) in [7, 11) is 0. The first kappa shape index (κ1) is 18.8.